The summed E-state index contributed by atoms with van der Waals surface area (Å²) >= 11 is 14.2. The van der Waals surface area contributed by atoms with Gasteiger partial charge in [-0.15, -0.1) is 179 Å². The van der Waals surface area contributed by atoms with E-state index in [2.05, 4.69) is 311 Å². The molecule has 118 heavy (non-hydrogen) atoms. The van der Waals surface area contributed by atoms with Crippen molar-refractivity contribution < 1.29 is 40.2 Å². The fourth-order valence-electron chi connectivity index (χ4n) is 15.4. The van der Waals surface area contributed by atoms with Crippen molar-refractivity contribution in [2.24, 2.45) is 0 Å². The van der Waals surface area contributed by atoms with Crippen LogP contribution in [0.1, 0.15) is 0 Å². The van der Waals surface area contributed by atoms with Gasteiger partial charge in [-0.3, -0.25) is 9.97 Å². The third kappa shape index (κ3) is 16.4. The van der Waals surface area contributed by atoms with E-state index in [4.69, 9.17) is 33.2 Å². The molecule has 0 aliphatic rings. The molecule has 6 nitrogen and oxygen atoms in total. The first-order chi connectivity index (χ1) is 57.3. The minimum Gasteiger partial charge on any atom is -0.305 e. The van der Waals surface area contributed by atoms with E-state index in [1.807, 2.05) is 128 Å². The van der Waals surface area contributed by atoms with Crippen molar-refractivity contribution in [3.05, 3.63) is 435 Å². The van der Waals surface area contributed by atoms with Crippen LogP contribution in [0.3, 0.4) is 0 Å². The first-order valence-electron chi connectivity index (χ1n) is 38.2. The predicted octanol–water partition coefficient (Wildman–Crippen LogP) is 28.2. The molecule has 0 amide bonds. The van der Waals surface area contributed by atoms with Crippen molar-refractivity contribution >= 4 is 23.2 Å². The minimum atomic E-state index is 0. The summed E-state index contributed by atoms with van der Waals surface area (Å²) in [7, 11) is 0. The average molecular weight is 1900 g/mol. The molecule has 19 rings (SSSR count). The van der Waals surface area contributed by atoms with Crippen LogP contribution in [-0.2, 0) is 40.2 Å². The zero-order chi connectivity index (χ0) is 77.7. The topological polar surface area (TPSA) is 77.3 Å². The monoisotopic (exact) mass is 1900 g/mol. The Morgan fingerprint density at radius 3 is 0.602 bits per heavy atom. The van der Waals surface area contributed by atoms with Crippen molar-refractivity contribution in [3.63, 3.8) is 0 Å². The zero-order valence-corrected chi connectivity index (χ0v) is 69.4. The van der Waals surface area contributed by atoms with Gasteiger partial charge in [0.25, 0.3) is 0 Å². The number of halogens is 2. The third-order valence-electron chi connectivity index (χ3n) is 21.1. The summed E-state index contributed by atoms with van der Waals surface area (Å²) in [5.41, 5.74) is 34.9. The molecule has 14 aromatic carbocycles. The Balaban J connectivity index is 0.00000499. The van der Waals surface area contributed by atoms with E-state index >= 15 is 0 Å². The van der Waals surface area contributed by atoms with Gasteiger partial charge in [-0.25, -0.2) is 0 Å². The summed E-state index contributed by atoms with van der Waals surface area (Å²) < 4.78 is 0. The maximum Gasteiger partial charge on any atom is 3.00 e. The molecule has 0 saturated carbocycles. The molecule has 0 aliphatic heterocycles. The van der Waals surface area contributed by atoms with Gasteiger partial charge < -0.3 is 19.9 Å². The number of rotatable bonds is 18. The quantitative estimate of drug-likeness (QED) is 0.0797. The van der Waals surface area contributed by atoms with Crippen LogP contribution < -0.4 is 0 Å². The normalized spacial score (nSPS) is 11.0. The van der Waals surface area contributed by atoms with E-state index in [9.17, 15) is 0 Å². The maximum atomic E-state index is 7.11. The minimum absolute atomic E-state index is 0. The number of aromatic nitrogens is 6. The van der Waals surface area contributed by atoms with Gasteiger partial charge in [0, 0.05) is 34.8 Å². The molecule has 5 aromatic heterocycles. The molecule has 0 atom stereocenters. The van der Waals surface area contributed by atoms with Crippen LogP contribution >= 0.6 is 23.2 Å². The van der Waals surface area contributed by atoms with Gasteiger partial charge in [0.2, 0.25) is 0 Å². The van der Waals surface area contributed by atoms with Gasteiger partial charge in [-0.1, -0.05) is 254 Å². The Hall–Kier alpha value is -13.4. The summed E-state index contributed by atoms with van der Waals surface area (Å²) in [5, 5.41) is 1.23. The van der Waals surface area contributed by atoms with E-state index in [-0.39, 0.29) is 40.2 Å². The second kappa shape index (κ2) is 35.0. The van der Waals surface area contributed by atoms with Gasteiger partial charge in [-0.05, 0) is 186 Å². The smallest absolute Gasteiger partial charge is 0.305 e. The van der Waals surface area contributed by atoms with Gasteiger partial charge in [-0.2, -0.15) is 0 Å². The summed E-state index contributed by atoms with van der Waals surface area (Å²) in [4.78, 5) is 28.1. The summed E-state index contributed by atoms with van der Waals surface area (Å²) in [6.07, 6.45) is 8.85. The van der Waals surface area contributed by atoms with Gasteiger partial charge in [0.1, 0.15) is 0 Å². The number of nitrogens with zero attached hydrogens (tertiary/aromatic N) is 6. The van der Waals surface area contributed by atoms with Crippen molar-refractivity contribution in [1.29, 1.82) is 0 Å². The third-order valence-corrected chi connectivity index (χ3v) is 21.6. The van der Waals surface area contributed by atoms with E-state index in [0.717, 1.165) is 201 Å². The summed E-state index contributed by atoms with van der Waals surface area (Å²) in [5.74, 6) is 0. The van der Waals surface area contributed by atoms with Crippen molar-refractivity contribution in [1.82, 2.24) is 29.9 Å². The Morgan fingerprint density at radius 1 is 0.169 bits per heavy atom. The molecule has 0 saturated heterocycles. The Morgan fingerprint density at radius 2 is 0.381 bits per heavy atom. The van der Waals surface area contributed by atoms with Crippen LogP contribution in [0.15, 0.2) is 389 Å². The van der Waals surface area contributed by atoms with Crippen molar-refractivity contribution in [2.45, 2.75) is 0 Å². The fraction of sp³-hybridized carbons (Fsp3) is 0. The molecule has 19 aromatic rings. The van der Waals surface area contributed by atoms with Crippen LogP contribution in [0.25, 0.3) is 201 Å². The van der Waals surface area contributed by atoms with Crippen LogP contribution in [0, 0.1) is 36.4 Å². The zero-order valence-electron chi connectivity index (χ0n) is 63.1. The van der Waals surface area contributed by atoms with E-state index in [1.54, 1.807) is 6.33 Å². The number of benzene rings is 14. The number of hydrogen-bond acceptors (Lipinski definition) is 6. The molecule has 558 valence electrons. The Bertz CT molecular complexity index is 6080. The Kier molecular flexibility index (Phi) is 22.9. The molecule has 0 bridgehead atoms. The molecular weight excluding hydrogens is 1840 g/mol. The fourth-order valence-corrected chi connectivity index (χ4v) is 15.7. The van der Waals surface area contributed by atoms with Crippen LogP contribution in [0.4, 0.5) is 0 Å². The van der Waals surface area contributed by atoms with Crippen LogP contribution in [0.2, 0.25) is 10.0 Å². The molecule has 0 spiro atoms. The second-order valence-corrected chi connectivity index (χ2v) is 29.1. The molecular formula is C108H64Cl2Ir2N6. The predicted molar refractivity (Wildman–Crippen MR) is 474 cm³/mol. The first-order valence-corrected chi connectivity index (χ1v) is 38.9. The van der Waals surface area contributed by atoms with E-state index < -0.39 is 0 Å². The second-order valence-electron chi connectivity index (χ2n) is 28.3. The molecule has 0 fully saturated rings. The average Bonchev–Trinajstić information content (AvgIpc) is 0.769. The van der Waals surface area contributed by atoms with Crippen LogP contribution in [0.5, 0.6) is 0 Å². The molecule has 10 heteroatoms. The van der Waals surface area contributed by atoms with E-state index in [1.165, 1.54) is 0 Å². The molecule has 0 radical (unpaired) electrons. The van der Waals surface area contributed by atoms with E-state index in [0.29, 0.717) is 10.0 Å². The maximum absolute atomic E-state index is 7.11. The number of hydrogen-bond donors (Lipinski definition) is 0. The standard InChI is InChI=1S/C108H64Cl2N6.2Ir/c109-89-53-55-99(101(67-89)87-63-83(95-21-5-1-17-91(95)71-29-41-77(42-30-71)103-25-9-13-57-111-103)61-84(64-87)96-22-6-2-18-92(96)72-31-43-78(44-32-72)104-26-10-14-58-112-104)75-37-49-81(50-38-75)107-69-108(116-70-115-107)82-51-39-76(40-52-82)100-56-54-90(110)68-102(100)88-65-85(97-23-7-3-19-93(97)73-33-45-79(46-34-73)105-27-11-15-59-113-105)62-86(66-88)98-24-8-4-20-94(98)74-35-47-80(48-36-74)106-28-12-16-60-114-106;;/h1-41,43,45,47,49,51,53-70H;;/q-6;2*+3. The largest absolute Gasteiger partial charge is 3.00 e. The summed E-state index contributed by atoms with van der Waals surface area (Å²) in [6.45, 7) is 0. The molecule has 0 unspecified atom stereocenters. The molecule has 5 heterocycles. The first kappa shape index (κ1) is 77.2. The van der Waals surface area contributed by atoms with Gasteiger partial charge in [0.15, 0.2) is 0 Å². The molecule has 0 N–H and O–H groups in total. The SMILES string of the molecule is Clc1ccc(-c2c[c-]c(-c3cc(-c4[c-]cc(-c5ccc(Cl)cc5-c5cc(-c6ccccc6-c6c[c-]c(-c7ccccn7)cc6)cc(-c6ccccc6-c6c[c-]c(-c7ccccn7)cc6)c5)cc4)ncn3)cc2)c(-c2cc(-c3ccccc3-c3c[c-]c(-c4ccccn4)cc3)cc(-c3ccccc3-c3c[c-]c(-c4ccccn4)cc3)c2)c1.[Ir+3].[Ir+3]. The van der Waals surface area contributed by atoms with Crippen molar-refractivity contribution in [3.8, 4) is 201 Å². The Labute approximate surface area is 723 Å². The van der Waals surface area contributed by atoms with Crippen LogP contribution in [-0.4, -0.2) is 29.9 Å². The summed E-state index contributed by atoms with van der Waals surface area (Å²) in [6, 6.07) is 145. The van der Waals surface area contributed by atoms with Gasteiger partial charge >= 0.3 is 40.2 Å². The molecule has 0 aliphatic carbocycles. The number of pyridine rings is 4. The van der Waals surface area contributed by atoms with Crippen molar-refractivity contribution in [2.75, 3.05) is 0 Å². The van der Waals surface area contributed by atoms with Gasteiger partial charge in [0.05, 0.1) is 6.33 Å².